The number of amidine groups is 1. The normalized spacial score (nSPS) is 24.3. The number of hydrogen-bond donors (Lipinski definition) is 1. The number of nitrogens with one attached hydrogen (secondary N) is 1. The van der Waals surface area contributed by atoms with E-state index in [1.54, 1.807) is 0 Å². The molecule has 1 aliphatic carbocycles. The van der Waals surface area contributed by atoms with Crippen LogP contribution >= 0.6 is 11.8 Å². The summed E-state index contributed by atoms with van der Waals surface area (Å²) in [5.41, 5.74) is 0.548. The van der Waals surface area contributed by atoms with E-state index in [-0.39, 0.29) is 0 Å². The van der Waals surface area contributed by atoms with Gasteiger partial charge in [0.15, 0.2) is 5.17 Å². The van der Waals surface area contributed by atoms with E-state index in [2.05, 4.69) is 26.1 Å². The second kappa shape index (κ2) is 7.01. The molecule has 0 amide bonds. The summed E-state index contributed by atoms with van der Waals surface area (Å²) in [4.78, 5) is 4.87. The Morgan fingerprint density at radius 1 is 1.21 bits per heavy atom. The van der Waals surface area contributed by atoms with Gasteiger partial charge in [0, 0.05) is 18.3 Å². The van der Waals surface area contributed by atoms with E-state index in [1.165, 1.54) is 55.9 Å². The third-order valence-electron chi connectivity index (χ3n) is 5.09. The average molecular weight is 282 g/mol. The van der Waals surface area contributed by atoms with Crippen molar-refractivity contribution in [2.24, 2.45) is 16.3 Å². The number of hydrogen-bond acceptors (Lipinski definition) is 3. The minimum absolute atomic E-state index is 0.548. The zero-order chi connectivity index (χ0) is 13.7. The van der Waals surface area contributed by atoms with Crippen LogP contribution in [-0.2, 0) is 0 Å². The van der Waals surface area contributed by atoms with Gasteiger partial charge in [-0.3, -0.25) is 4.99 Å². The number of aliphatic imine (C=N–C) groups is 1. The van der Waals surface area contributed by atoms with E-state index >= 15 is 0 Å². The molecule has 110 valence electrons. The highest BCUT2D eigenvalue weighted by Gasteiger charge is 2.35. The van der Waals surface area contributed by atoms with Crippen molar-refractivity contribution in [3.8, 4) is 0 Å². The van der Waals surface area contributed by atoms with Gasteiger partial charge in [-0.25, -0.2) is 0 Å². The van der Waals surface area contributed by atoms with Crippen LogP contribution in [0.15, 0.2) is 4.99 Å². The standard InChI is InChI=1S/C16H30N2S/c1-4-14(5-2)13(3)18-15-17-11-16(12-19-15)9-7-6-8-10-16/h13-14H,4-12H2,1-3H3,(H,17,18). The first-order chi connectivity index (χ1) is 9.19. The summed E-state index contributed by atoms with van der Waals surface area (Å²) in [6.45, 7) is 7.96. The molecule has 0 aromatic rings. The molecule has 0 aromatic heterocycles. The van der Waals surface area contributed by atoms with Crippen LogP contribution in [-0.4, -0.2) is 23.5 Å². The van der Waals surface area contributed by atoms with Gasteiger partial charge in [-0.05, 0) is 31.1 Å². The second-order valence-corrected chi connectivity index (χ2v) is 7.44. The van der Waals surface area contributed by atoms with Gasteiger partial charge in [-0.2, -0.15) is 0 Å². The molecule has 1 spiro atoms. The molecule has 2 nitrogen and oxygen atoms in total. The van der Waals surface area contributed by atoms with Crippen molar-refractivity contribution in [3.05, 3.63) is 0 Å². The molecular formula is C16H30N2S. The van der Waals surface area contributed by atoms with Crippen molar-refractivity contribution in [1.82, 2.24) is 5.32 Å². The second-order valence-electron chi connectivity index (χ2n) is 6.48. The van der Waals surface area contributed by atoms with Gasteiger partial charge in [-0.1, -0.05) is 57.7 Å². The first-order valence-electron chi connectivity index (χ1n) is 8.13. The van der Waals surface area contributed by atoms with Gasteiger partial charge < -0.3 is 5.32 Å². The molecule has 3 heteroatoms. The number of thioether (sulfide) groups is 1. The third kappa shape index (κ3) is 3.90. The molecule has 1 heterocycles. The lowest BCUT2D eigenvalue weighted by molar-refractivity contribution is 0.232. The lowest BCUT2D eigenvalue weighted by Gasteiger charge is -2.39. The molecule has 0 bridgehead atoms. The van der Waals surface area contributed by atoms with Crippen molar-refractivity contribution in [2.75, 3.05) is 12.3 Å². The number of rotatable bonds is 4. The molecule has 1 saturated carbocycles. The number of nitrogens with zero attached hydrogens (tertiary/aromatic N) is 1. The maximum absolute atomic E-state index is 4.87. The molecular weight excluding hydrogens is 252 g/mol. The van der Waals surface area contributed by atoms with Crippen LogP contribution in [0.4, 0.5) is 0 Å². The highest BCUT2D eigenvalue weighted by Crippen LogP contribution is 2.41. The Balaban J connectivity index is 1.86. The summed E-state index contributed by atoms with van der Waals surface area (Å²) < 4.78 is 0. The maximum Gasteiger partial charge on any atom is 0.156 e. The van der Waals surface area contributed by atoms with Crippen molar-refractivity contribution in [1.29, 1.82) is 0 Å². The predicted molar refractivity (Wildman–Crippen MR) is 86.9 cm³/mol. The van der Waals surface area contributed by atoms with Gasteiger partial charge in [0.1, 0.15) is 0 Å². The van der Waals surface area contributed by atoms with Gasteiger partial charge in [0.2, 0.25) is 0 Å². The van der Waals surface area contributed by atoms with E-state index in [9.17, 15) is 0 Å². The highest BCUT2D eigenvalue weighted by molar-refractivity contribution is 8.13. The Hall–Kier alpha value is -0.180. The van der Waals surface area contributed by atoms with Crippen molar-refractivity contribution < 1.29 is 0 Å². The molecule has 1 unspecified atom stereocenters. The Bertz CT molecular complexity index is 304. The van der Waals surface area contributed by atoms with Crippen LogP contribution in [0.25, 0.3) is 0 Å². The molecule has 2 rings (SSSR count). The quantitative estimate of drug-likeness (QED) is 0.823. The van der Waals surface area contributed by atoms with Gasteiger partial charge in [-0.15, -0.1) is 0 Å². The largest absolute Gasteiger partial charge is 0.362 e. The Kier molecular flexibility index (Phi) is 5.61. The van der Waals surface area contributed by atoms with Crippen molar-refractivity contribution in [2.45, 2.75) is 71.8 Å². The zero-order valence-electron chi connectivity index (χ0n) is 12.9. The minimum atomic E-state index is 0.548. The van der Waals surface area contributed by atoms with E-state index in [1.807, 2.05) is 11.8 Å². The van der Waals surface area contributed by atoms with Gasteiger partial charge in [0.25, 0.3) is 0 Å². The molecule has 0 aromatic carbocycles. The van der Waals surface area contributed by atoms with Crippen LogP contribution in [0.2, 0.25) is 0 Å². The molecule has 1 aliphatic heterocycles. The summed E-state index contributed by atoms with van der Waals surface area (Å²) >= 11 is 1.97. The van der Waals surface area contributed by atoms with Crippen LogP contribution < -0.4 is 5.32 Å². The highest BCUT2D eigenvalue weighted by atomic mass is 32.2. The summed E-state index contributed by atoms with van der Waals surface area (Å²) in [6.07, 6.45) is 9.59. The van der Waals surface area contributed by atoms with E-state index in [4.69, 9.17) is 4.99 Å². The van der Waals surface area contributed by atoms with Crippen LogP contribution in [0, 0.1) is 11.3 Å². The smallest absolute Gasteiger partial charge is 0.156 e. The summed E-state index contributed by atoms with van der Waals surface area (Å²) in [5.74, 6) is 2.06. The first kappa shape index (κ1) is 15.2. The summed E-state index contributed by atoms with van der Waals surface area (Å²) in [5, 5.41) is 4.86. The van der Waals surface area contributed by atoms with Crippen molar-refractivity contribution in [3.63, 3.8) is 0 Å². The SMILES string of the molecule is CCC(CC)C(C)NC1=NCC2(CCCCC2)CS1. The Morgan fingerprint density at radius 3 is 2.42 bits per heavy atom. The van der Waals surface area contributed by atoms with Crippen LogP contribution in [0.5, 0.6) is 0 Å². The molecule has 1 N–H and O–H groups in total. The van der Waals surface area contributed by atoms with Gasteiger partial charge in [0.05, 0.1) is 0 Å². The summed E-state index contributed by atoms with van der Waals surface area (Å²) in [6, 6.07) is 0.557. The molecule has 1 atom stereocenters. The van der Waals surface area contributed by atoms with Gasteiger partial charge >= 0.3 is 0 Å². The average Bonchev–Trinajstić information content (AvgIpc) is 2.44. The Morgan fingerprint density at radius 2 is 1.89 bits per heavy atom. The molecule has 1 fully saturated rings. The van der Waals surface area contributed by atoms with E-state index in [0.717, 1.165) is 12.5 Å². The fourth-order valence-corrected chi connectivity index (χ4v) is 4.80. The Labute approximate surface area is 123 Å². The first-order valence-corrected chi connectivity index (χ1v) is 9.11. The molecule has 0 radical (unpaired) electrons. The fourth-order valence-electron chi connectivity index (χ4n) is 3.55. The van der Waals surface area contributed by atoms with E-state index in [0.29, 0.717) is 11.5 Å². The van der Waals surface area contributed by atoms with E-state index < -0.39 is 0 Å². The topological polar surface area (TPSA) is 24.4 Å². The van der Waals surface area contributed by atoms with Crippen LogP contribution in [0.3, 0.4) is 0 Å². The lowest BCUT2D eigenvalue weighted by atomic mass is 9.75. The predicted octanol–water partition coefficient (Wildman–Crippen LogP) is 4.45. The monoisotopic (exact) mass is 282 g/mol. The maximum atomic E-state index is 4.87. The molecule has 19 heavy (non-hydrogen) atoms. The minimum Gasteiger partial charge on any atom is -0.362 e. The zero-order valence-corrected chi connectivity index (χ0v) is 13.7. The fraction of sp³-hybridized carbons (Fsp3) is 0.938. The van der Waals surface area contributed by atoms with Crippen LogP contribution in [0.1, 0.15) is 65.7 Å². The van der Waals surface area contributed by atoms with Crippen molar-refractivity contribution >= 4 is 16.9 Å². The summed E-state index contributed by atoms with van der Waals surface area (Å²) in [7, 11) is 0. The lowest BCUT2D eigenvalue weighted by Crippen LogP contribution is -2.41. The molecule has 2 aliphatic rings. The molecule has 0 saturated heterocycles. The third-order valence-corrected chi connectivity index (χ3v) is 6.37.